The highest BCUT2D eigenvalue weighted by Gasteiger charge is 2.25. The lowest BCUT2D eigenvalue weighted by molar-refractivity contribution is -0.123. The Morgan fingerprint density at radius 2 is 2.05 bits per heavy atom. The number of methoxy groups -OCH3 is 1. The molecule has 4 nitrogen and oxygen atoms in total. The van der Waals surface area contributed by atoms with Gasteiger partial charge in [0.25, 0.3) is 0 Å². The first-order chi connectivity index (χ1) is 9.61. The Bertz CT molecular complexity index is 454. The number of nitrogens with zero attached hydrogens (tertiary/aromatic N) is 1. The van der Waals surface area contributed by atoms with Gasteiger partial charge in [0.15, 0.2) is 0 Å². The summed E-state index contributed by atoms with van der Waals surface area (Å²) in [6.45, 7) is 3.79. The lowest BCUT2D eigenvalue weighted by atomic mass is 9.89. The molecule has 0 aromatic heterocycles. The molecule has 1 aliphatic heterocycles. The summed E-state index contributed by atoms with van der Waals surface area (Å²) in [5.74, 6) is 1.40. The van der Waals surface area contributed by atoms with Crippen molar-refractivity contribution in [3.63, 3.8) is 0 Å². The molecular weight excluding hydrogens is 252 g/mol. The average Bonchev–Trinajstić information content (AvgIpc) is 2.48. The molecule has 1 heterocycles. The summed E-state index contributed by atoms with van der Waals surface area (Å²) in [5, 5.41) is 0. The van der Waals surface area contributed by atoms with Crippen molar-refractivity contribution in [3.05, 3.63) is 29.8 Å². The van der Waals surface area contributed by atoms with Crippen molar-refractivity contribution in [3.8, 4) is 5.75 Å². The predicted molar refractivity (Wildman–Crippen MR) is 79.7 cm³/mol. The van der Waals surface area contributed by atoms with Crippen molar-refractivity contribution in [2.45, 2.75) is 32.2 Å². The molecule has 4 heteroatoms. The van der Waals surface area contributed by atoms with Crippen LogP contribution in [0.5, 0.6) is 5.75 Å². The molecule has 1 aromatic carbocycles. The Hall–Kier alpha value is -1.55. The third kappa shape index (κ3) is 3.51. The molecule has 0 unspecified atom stereocenters. The normalized spacial score (nSPS) is 18.7. The maximum absolute atomic E-state index is 11.2. The van der Waals surface area contributed by atoms with Gasteiger partial charge in [-0.3, -0.25) is 9.69 Å². The predicted octanol–water partition coefficient (Wildman–Crippen LogP) is 1.82. The monoisotopic (exact) mass is 276 g/mol. The molecule has 110 valence electrons. The first-order valence-corrected chi connectivity index (χ1v) is 7.27. The second-order valence-electron chi connectivity index (χ2n) is 5.57. The molecule has 0 spiro atoms. The summed E-state index contributed by atoms with van der Waals surface area (Å²) in [5.41, 5.74) is 6.64. The van der Waals surface area contributed by atoms with Gasteiger partial charge in [0, 0.05) is 0 Å². The van der Waals surface area contributed by atoms with Crippen molar-refractivity contribution >= 4 is 5.91 Å². The fourth-order valence-corrected chi connectivity index (χ4v) is 2.91. The number of ether oxygens (including phenoxy) is 1. The van der Waals surface area contributed by atoms with Crippen LogP contribution in [0.25, 0.3) is 0 Å². The zero-order valence-corrected chi connectivity index (χ0v) is 12.3. The van der Waals surface area contributed by atoms with E-state index >= 15 is 0 Å². The van der Waals surface area contributed by atoms with Crippen LogP contribution in [0.4, 0.5) is 0 Å². The van der Waals surface area contributed by atoms with Crippen molar-refractivity contribution in [1.82, 2.24) is 4.90 Å². The number of hydrogen-bond donors (Lipinski definition) is 1. The number of benzene rings is 1. The van der Waals surface area contributed by atoms with E-state index in [1.54, 1.807) is 7.11 Å². The molecular formula is C16H24N2O2. The van der Waals surface area contributed by atoms with Gasteiger partial charge in [-0.05, 0) is 56.8 Å². The van der Waals surface area contributed by atoms with Gasteiger partial charge in [0.05, 0.1) is 13.2 Å². The van der Waals surface area contributed by atoms with E-state index in [0.717, 1.165) is 38.1 Å². The molecule has 1 aromatic rings. The molecule has 1 saturated heterocycles. The largest absolute Gasteiger partial charge is 0.496 e. The van der Waals surface area contributed by atoms with Gasteiger partial charge in [-0.15, -0.1) is 0 Å². The minimum Gasteiger partial charge on any atom is -0.496 e. The van der Waals surface area contributed by atoms with E-state index in [-0.39, 0.29) is 11.9 Å². The summed E-state index contributed by atoms with van der Waals surface area (Å²) in [6, 6.07) is 8.06. The third-order valence-electron chi connectivity index (χ3n) is 4.31. The minimum absolute atomic E-state index is 0.151. The van der Waals surface area contributed by atoms with Crippen LogP contribution in [-0.2, 0) is 11.2 Å². The highest BCUT2D eigenvalue weighted by molar-refractivity contribution is 5.79. The van der Waals surface area contributed by atoms with Gasteiger partial charge >= 0.3 is 0 Å². The van der Waals surface area contributed by atoms with Crippen LogP contribution in [-0.4, -0.2) is 37.0 Å². The van der Waals surface area contributed by atoms with Crippen molar-refractivity contribution < 1.29 is 9.53 Å². The van der Waals surface area contributed by atoms with Crippen LogP contribution in [0, 0.1) is 5.92 Å². The molecule has 2 rings (SSSR count). The number of amides is 1. The summed E-state index contributed by atoms with van der Waals surface area (Å²) in [7, 11) is 1.72. The van der Waals surface area contributed by atoms with Crippen molar-refractivity contribution in [1.29, 1.82) is 0 Å². The number of hydrogen-bond acceptors (Lipinski definition) is 3. The molecule has 0 aliphatic carbocycles. The number of carbonyl (C=O) groups is 1. The number of rotatable bonds is 5. The van der Waals surface area contributed by atoms with E-state index in [9.17, 15) is 4.79 Å². The number of piperidine rings is 1. The smallest absolute Gasteiger partial charge is 0.234 e. The van der Waals surface area contributed by atoms with E-state index in [4.69, 9.17) is 10.5 Å². The van der Waals surface area contributed by atoms with Crippen molar-refractivity contribution in [2.75, 3.05) is 20.2 Å². The molecule has 1 amide bonds. The highest BCUT2D eigenvalue weighted by Crippen LogP contribution is 2.27. The fourth-order valence-electron chi connectivity index (χ4n) is 2.91. The minimum atomic E-state index is -0.229. The molecule has 0 saturated carbocycles. The van der Waals surface area contributed by atoms with Crippen LogP contribution in [0.3, 0.4) is 0 Å². The van der Waals surface area contributed by atoms with E-state index in [1.807, 2.05) is 19.1 Å². The number of primary amides is 1. The Morgan fingerprint density at radius 3 is 2.65 bits per heavy atom. The van der Waals surface area contributed by atoms with Gasteiger partial charge in [0.2, 0.25) is 5.91 Å². The van der Waals surface area contributed by atoms with Crippen LogP contribution in [0.2, 0.25) is 0 Å². The number of likely N-dealkylation sites (tertiary alicyclic amines) is 1. The molecule has 2 N–H and O–H groups in total. The van der Waals surface area contributed by atoms with Gasteiger partial charge in [-0.25, -0.2) is 0 Å². The zero-order chi connectivity index (χ0) is 14.5. The van der Waals surface area contributed by atoms with Gasteiger partial charge in [-0.1, -0.05) is 18.2 Å². The van der Waals surface area contributed by atoms with Gasteiger partial charge in [-0.2, -0.15) is 0 Å². The Balaban J connectivity index is 1.90. The summed E-state index contributed by atoms with van der Waals surface area (Å²) in [4.78, 5) is 13.4. The Morgan fingerprint density at radius 1 is 1.40 bits per heavy atom. The third-order valence-corrected chi connectivity index (χ3v) is 4.31. The molecule has 1 aliphatic rings. The first-order valence-electron chi connectivity index (χ1n) is 7.27. The lowest BCUT2D eigenvalue weighted by Gasteiger charge is -2.34. The Kier molecular flexibility index (Phi) is 5.01. The maximum Gasteiger partial charge on any atom is 0.234 e. The van der Waals surface area contributed by atoms with Crippen LogP contribution >= 0.6 is 0 Å². The van der Waals surface area contributed by atoms with E-state index in [1.165, 1.54) is 5.56 Å². The molecule has 0 radical (unpaired) electrons. The second-order valence-corrected chi connectivity index (χ2v) is 5.57. The number of nitrogens with two attached hydrogens (primary N) is 1. The zero-order valence-electron chi connectivity index (χ0n) is 12.3. The topological polar surface area (TPSA) is 55.6 Å². The Labute approximate surface area is 120 Å². The molecule has 1 atom stereocenters. The van der Waals surface area contributed by atoms with Gasteiger partial charge < -0.3 is 10.5 Å². The molecule has 0 bridgehead atoms. The summed E-state index contributed by atoms with van der Waals surface area (Å²) in [6.07, 6.45) is 3.26. The SMILES string of the molecule is COc1ccccc1CC1CCN([C@@H](C)C(N)=O)CC1. The summed E-state index contributed by atoms with van der Waals surface area (Å²) >= 11 is 0. The van der Waals surface area contributed by atoms with E-state index < -0.39 is 0 Å². The highest BCUT2D eigenvalue weighted by atomic mass is 16.5. The van der Waals surface area contributed by atoms with Crippen molar-refractivity contribution in [2.24, 2.45) is 11.7 Å². The summed E-state index contributed by atoms with van der Waals surface area (Å²) < 4.78 is 5.41. The number of para-hydroxylation sites is 1. The second kappa shape index (κ2) is 6.75. The molecule has 20 heavy (non-hydrogen) atoms. The molecule has 1 fully saturated rings. The lowest BCUT2D eigenvalue weighted by Crippen LogP contribution is -2.46. The van der Waals surface area contributed by atoms with E-state index in [0.29, 0.717) is 5.92 Å². The van der Waals surface area contributed by atoms with Crippen LogP contribution < -0.4 is 10.5 Å². The maximum atomic E-state index is 11.2. The van der Waals surface area contributed by atoms with Gasteiger partial charge in [0.1, 0.15) is 5.75 Å². The number of carbonyl (C=O) groups excluding carboxylic acids is 1. The fraction of sp³-hybridized carbons (Fsp3) is 0.562. The van der Waals surface area contributed by atoms with Crippen LogP contribution in [0.1, 0.15) is 25.3 Å². The average molecular weight is 276 g/mol. The van der Waals surface area contributed by atoms with Crippen LogP contribution in [0.15, 0.2) is 24.3 Å². The first kappa shape index (κ1) is 14.9. The quantitative estimate of drug-likeness (QED) is 0.892. The van der Waals surface area contributed by atoms with E-state index in [2.05, 4.69) is 17.0 Å². The standard InChI is InChI=1S/C16H24N2O2/c1-12(16(17)19)18-9-7-13(8-10-18)11-14-5-3-4-6-15(14)20-2/h3-6,12-13H,7-11H2,1-2H3,(H2,17,19)/t12-/m0/s1.